The highest BCUT2D eigenvalue weighted by Crippen LogP contribution is 2.20. The van der Waals surface area contributed by atoms with Crippen molar-refractivity contribution < 1.29 is 14.4 Å². The van der Waals surface area contributed by atoms with Crippen LogP contribution >= 0.6 is 0 Å². The lowest BCUT2D eigenvalue weighted by Crippen LogP contribution is -2.59. The van der Waals surface area contributed by atoms with Gasteiger partial charge in [0.05, 0.1) is 6.04 Å². The Morgan fingerprint density at radius 2 is 1.78 bits per heavy atom. The molecule has 2 fully saturated rings. The number of carbonyl (C=O) groups is 3. The van der Waals surface area contributed by atoms with Gasteiger partial charge in [0.15, 0.2) is 0 Å². The van der Waals surface area contributed by atoms with Crippen LogP contribution in [0.15, 0.2) is 0 Å². The Labute approximate surface area is 106 Å². The second kappa shape index (κ2) is 5.06. The molecule has 2 saturated heterocycles. The summed E-state index contributed by atoms with van der Waals surface area (Å²) >= 11 is 0. The Balaban J connectivity index is 2.01. The minimum absolute atomic E-state index is 0.0223. The SMILES string of the molecule is CC1CC(C)NC(C(=O)N2CC(=O)NC(=O)C2)C1. The number of piperidine rings is 1. The van der Waals surface area contributed by atoms with Gasteiger partial charge in [0.25, 0.3) is 0 Å². The van der Waals surface area contributed by atoms with E-state index in [4.69, 9.17) is 0 Å². The summed E-state index contributed by atoms with van der Waals surface area (Å²) in [5, 5.41) is 5.43. The predicted octanol–water partition coefficient (Wildman–Crippen LogP) is -0.752. The van der Waals surface area contributed by atoms with E-state index in [0.29, 0.717) is 5.92 Å². The van der Waals surface area contributed by atoms with Gasteiger partial charge in [-0.05, 0) is 25.7 Å². The fourth-order valence-electron chi connectivity index (χ4n) is 2.77. The number of imide groups is 1. The Kier molecular flexibility index (Phi) is 3.65. The van der Waals surface area contributed by atoms with Crippen molar-refractivity contribution in [1.82, 2.24) is 15.5 Å². The first-order valence-electron chi connectivity index (χ1n) is 6.33. The molecule has 0 spiro atoms. The van der Waals surface area contributed by atoms with Gasteiger partial charge < -0.3 is 10.2 Å². The van der Waals surface area contributed by atoms with E-state index < -0.39 is 11.8 Å². The monoisotopic (exact) mass is 253 g/mol. The molecule has 0 aromatic carbocycles. The average Bonchev–Trinajstić information content (AvgIpc) is 2.25. The van der Waals surface area contributed by atoms with E-state index in [-0.39, 0.29) is 31.1 Å². The lowest BCUT2D eigenvalue weighted by molar-refractivity contribution is -0.147. The average molecular weight is 253 g/mol. The van der Waals surface area contributed by atoms with Crippen LogP contribution < -0.4 is 10.6 Å². The molecular formula is C12H19N3O3. The van der Waals surface area contributed by atoms with Crippen LogP contribution in [0, 0.1) is 5.92 Å². The van der Waals surface area contributed by atoms with Gasteiger partial charge in [0.1, 0.15) is 13.1 Å². The molecule has 100 valence electrons. The van der Waals surface area contributed by atoms with Gasteiger partial charge >= 0.3 is 0 Å². The summed E-state index contributed by atoms with van der Waals surface area (Å²) in [6.07, 6.45) is 1.80. The third-order valence-electron chi connectivity index (χ3n) is 3.44. The third kappa shape index (κ3) is 2.87. The van der Waals surface area contributed by atoms with Crippen LogP contribution in [-0.2, 0) is 14.4 Å². The number of nitrogens with one attached hydrogen (secondary N) is 2. The minimum Gasteiger partial charge on any atom is -0.323 e. The molecule has 3 unspecified atom stereocenters. The Morgan fingerprint density at radius 3 is 2.33 bits per heavy atom. The normalized spacial score (nSPS) is 33.2. The lowest BCUT2D eigenvalue weighted by atomic mass is 9.89. The zero-order chi connectivity index (χ0) is 13.3. The zero-order valence-corrected chi connectivity index (χ0v) is 10.7. The minimum atomic E-state index is -0.406. The van der Waals surface area contributed by atoms with Crippen molar-refractivity contribution in [3.05, 3.63) is 0 Å². The van der Waals surface area contributed by atoms with Crippen LogP contribution in [0.1, 0.15) is 26.7 Å². The molecule has 2 rings (SSSR count). The first kappa shape index (κ1) is 13.0. The summed E-state index contributed by atoms with van der Waals surface area (Å²) in [4.78, 5) is 36.1. The highest BCUT2D eigenvalue weighted by Gasteiger charge is 2.34. The number of carbonyl (C=O) groups excluding carboxylic acids is 3. The second-order valence-corrected chi connectivity index (χ2v) is 5.36. The maximum atomic E-state index is 12.3. The molecule has 18 heavy (non-hydrogen) atoms. The number of hydrogen-bond donors (Lipinski definition) is 2. The van der Waals surface area contributed by atoms with Crippen LogP contribution in [0.4, 0.5) is 0 Å². The van der Waals surface area contributed by atoms with Crippen LogP contribution in [0.5, 0.6) is 0 Å². The third-order valence-corrected chi connectivity index (χ3v) is 3.44. The van der Waals surface area contributed by atoms with Crippen LogP contribution in [0.2, 0.25) is 0 Å². The summed E-state index contributed by atoms with van der Waals surface area (Å²) in [6.45, 7) is 4.12. The standard InChI is InChI=1S/C12H19N3O3/c1-7-3-8(2)13-9(4-7)12(18)15-5-10(16)14-11(17)6-15/h7-9,13H,3-6H2,1-2H3,(H,14,16,17). The second-order valence-electron chi connectivity index (χ2n) is 5.36. The van der Waals surface area contributed by atoms with Crippen molar-refractivity contribution in [2.75, 3.05) is 13.1 Å². The van der Waals surface area contributed by atoms with Crippen molar-refractivity contribution in [2.24, 2.45) is 5.92 Å². The summed E-state index contributed by atoms with van der Waals surface area (Å²) in [6, 6.07) is 0.0134. The number of amides is 3. The number of rotatable bonds is 1. The maximum Gasteiger partial charge on any atom is 0.246 e. The molecule has 2 heterocycles. The van der Waals surface area contributed by atoms with E-state index in [1.165, 1.54) is 4.90 Å². The highest BCUT2D eigenvalue weighted by molar-refractivity contribution is 6.03. The number of piperazine rings is 1. The van der Waals surface area contributed by atoms with E-state index in [2.05, 4.69) is 17.6 Å². The van der Waals surface area contributed by atoms with Gasteiger partial charge in [-0.25, -0.2) is 0 Å². The van der Waals surface area contributed by atoms with Crippen LogP contribution in [0.25, 0.3) is 0 Å². The maximum absolute atomic E-state index is 12.3. The molecule has 3 atom stereocenters. The molecule has 0 aliphatic carbocycles. The summed E-state index contributed by atoms with van der Waals surface area (Å²) < 4.78 is 0. The number of nitrogens with zero attached hydrogens (tertiary/aromatic N) is 1. The van der Waals surface area contributed by atoms with Gasteiger partial charge in [-0.15, -0.1) is 0 Å². The van der Waals surface area contributed by atoms with Crippen LogP contribution in [-0.4, -0.2) is 47.8 Å². The molecule has 2 aliphatic rings. The smallest absolute Gasteiger partial charge is 0.246 e. The van der Waals surface area contributed by atoms with E-state index >= 15 is 0 Å². The Morgan fingerprint density at radius 1 is 1.17 bits per heavy atom. The van der Waals surface area contributed by atoms with E-state index in [1.54, 1.807) is 0 Å². The molecule has 0 aromatic rings. The molecule has 3 amide bonds. The molecular weight excluding hydrogens is 234 g/mol. The molecule has 0 bridgehead atoms. The summed E-state index contributed by atoms with van der Waals surface area (Å²) in [7, 11) is 0. The quantitative estimate of drug-likeness (QED) is 0.603. The number of hydrogen-bond acceptors (Lipinski definition) is 4. The van der Waals surface area contributed by atoms with Crippen molar-refractivity contribution in [1.29, 1.82) is 0 Å². The van der Waals surface area contributed by atoms with E-state index in [0.717, 1.165) is 12.8 Å². The van der Waals surface area contributed by atoms with Crippen molar-refractivity contribution >= 4 is 17.7 Å². The first-order valence-corrected chi connectivity index (χ1v) is 6.33. The predicted molar refractivity (Wildman–Crippen MR) is 64.5 cm³/mol. The van der Waals surface area contributed by atoms with Gasteiger partial charge in [0, 0.05) is 6.04 Å². The zero-order valence-electron chi connectivity index (χ0n) is 10.7. The van der Waals surface area contributed by atoms with Gasteiger partial charge in [0.2, 0.25) is 17.7 Å². The Hall–Kier alpha value is -1.43. The highest BCUT2D eigenvalue weighted by atomic mass is 16.2. The van der Waals surface area contributed by atoms with Gasteiger partial charge in [-0.2, -0.15) is 0 Å². The molecule has 2 aliphatic heterocycles. The first-order chi connectivity index (χ1) is 8.45. The molecule has 2 N–H and O–H groups in total. The van der Waals surface area contributed by atoms with E-state index in [9.17, 15) is 14.4 Å². The van der Waals surface area contributed by atoms with Crippen molar-refractivity contribution in [3.8, 4) is 0 Å². The lowest BCUT2D eigenvalue weighted by Gasteiger charge is -2.36. The van der Waals surface area contributed by atoms with E-state index in [1.807, 2.05) is 6.92 Å². The van der Waals surface area contributed by atoms with Gasteiger partial charge in [-0.1, -0.05) is 6.92 Å². The van der Waals surface area contributed by atoms with Gasteiger partial charge in [-0.3, -0.25) is 19.7 Å². The molecule has 0 aromatic heterocycles. The molecule has 6 heteroatoms. The largest absolute Gasteiger partial charge is 0.323 e. The molecule has 0 radical (unpaired) electrons. The fourth-order valence-corrected chi connectivity index (χ4v) is 2.77. The molecule has 0 saturated carbocycles. The topological polar surface area (TPSA) is 78.5 Å². The van der Waals surface area contributed by atoms with Crippen molar-refractivity contribution in [2.45, 2.75) is 38.8 Å². The molecule has 6 nitrogen and oxygen atoms in total. The summed E-state index contributed by atoms with van der Waals surface area (Å²) in [5.74, 6) is -0.478. The van der Waals surface area contributed by atoms with Crippen LogP contribution in [0.3, 0.4) is 0 Å². The Bertz CT molecular complexity index is 357. The fraction of sp³-hybridized carbons (Fsp3) is 0.750. The summed E-state index contributed by atoms with van der Waals surface area (Å²) in [5.41, 5.74) is 0. The van der Waals surface area contributed by atoms with Crippen molar-refractivity contribution in [3.63, 3.8) is 0 Å².